The minimum Gasteiger partial charge on any atom is -0.388 e. The summed E-state index contributed by atoms with van der Waals surface area (Å²) in [5.74, 6) is -1.29. The van der Waals surface area contributed by atoms with Crippen LogP contribution in [0.2, 0.25) is 0 Å². The van der Waals surface area contributed by atoms with Crippen LogP contribution in [0.3, 0.4) is 0 Å². The highest BCUT2D eigenvalue weighted by Crippen LogP contribution is 2.24. The van der Waals surface area contributed by atoms with Crippen LogP contribution in [-0.2, 0) is 0 Å². The molecule has 1 saturated heterocycles. The van der Waals surface area contributed by atoms with E-state index in [4.69, 9.17) is 0 Å². The van der Waals surface area contributed by atoms with Crippen LogP contribution in [-0.4, -0.2) is 17.7 Å². The summed E-state index contributed by atoms with van der Waals surface area (Å²) in [6, 6.07) is 3.52. The first-order valence-corrected chi connectivity index (χ1v) is 5.53. The van der Waals surface area contributed by atoms with E-state index < -0.39 is 17.7 Å². The molecule has 0 bridgehead atoms. The maximum atomic E-state index is 13.4. The van der Waals surface area contributed by atoms with Gasteiger partial charge in [0.05, 0.1) is 6.10 Å². The number of aliphatic hydroxyl groups is 1. The van der Waals surface area contributed by atoms with Gasteiger partial charge in [-0.25, -0.2) is 8.78 Å². The first-order valence-electron chi connectivity index (χ1n) is 5.53. The molecule has 2 N–H and O–H groups in total. The lowest BCUT2D eigenvalue weighted by Gasteiger charge is -2.16. The fourth-order valence-electron chi connectivity index (χ4n) is 2.13. The topological polar surface area (TPSA) is 32.3 Å². The molecule has 1 aromatic rings. The Morgan fingerprint density at radius 3 is 2.88 bits per heavy atom. The van der Waals surface area contributed by atoms with Crippen LogP contribution < -0.4 is 5.32 Å². The zero-order valence-electron chi connectivity index (χ0n) is 8.92. The van der Waals surface area contributed by atoms with E-state index in [-0.39, 0.29) is 11.6 Å². The zero-order chi connectivity index (χ0) is 11.5. The third-order valence-electron chi connectivity index (χ3n) is 2.99. The predicted molar refractivity (Wildman–Crippen MR) is 57.0 cm³/mol. The summed E-state index contributed by atoms with van der Waals surface area (Å²) < 4.78 is 26.0. The van der Waals surface area contributed by atoms with Crippen LogP contribution in [0.5, 0.6) is 0 Å². The number of benzene rings is 1. The SMILES string of the molecule is OC(CC1CCCN1)c1ccc(F)cc1F. The molecule has 1 aliphatic rings. The van der Waals surface area contributed by atoms with Crippen molar-refractivity contribution in [3.05, 3.63) is 35.4 Å². The van der Waals surface area contributed by atoms with E-state index in [1.54, 1.807) is 0 Å². The van der Waals surface area contributed by atoms with Gasteiger partial charge in [0.1, 0.15) is 11.6 Å². The lowest BCUT2D eigenvalue weighted by molar-refractivity contribution is 0.150. The summed E-state index contributed by atoms with van der Waals surface area (Å²) in [4.78, 5) is 0. The number of nitrogens with one attached hydrogen (secondary N) is 1. The molecule has 88 valence electrons. The second kappa shape index (κ2) is 4.89. The molecule has 0 amide bonds. The Morgan fingerprint density at radius 1 is 1.44 bits per heavy atom. The molecule has 0 aromatic heterocycles. The minimum absolute atomic E-state index is 0.176. The van der Waals surface area contributed by atoms with Crippen molar-refractivity contribution in [2.75, 3.05) is 6.54 Å². The van der Waals surface area contributed by atoms with Crippen molar-refractivity contribution in [1.82, 2.24) is 5.32 Å². The Kier molecular flexibility index (Phi) is 3.51. The van der Waals surface area contributed by atoms with Crippen molar-refractivity contribution in [3.63, 3.8) is 0 Å². The van der Waals surface area contributed by atoms with E-state index in [0.29, 0.717) is 6.42 Å². The second-order valence-corrected chi connectivity index (χ2v) is 4.21. The van der Waals surface area contributed by atoms with Gasteiger partial charge in [0.15, 0.2) is 0 Å². The smallest absolute Gasteiger partial charge is 0.131 e. The van der Waals surface area contributed by atoms with Crippen molar-refractivity contribution in [2.45, 2.75) is 31.4 Å². The van der Waals surface area contributed by atoms with Crippen molar-refractivity contribution < 1.29 is 13.9 Å². The summed E-state index contributed by atoms with van der Waals surface area (Å²) in [5.41, 5.74) is 0.176. The highest BCUT2D eigenvalue weighted by molar-refractivity contribution is 5.21. The van der Waals surface area contributed by atoms with E-state index in [2.05, 4.69) is 5.32 Å². The average molecular weight is 227 g/mol. The number of rotatable bonds is 3. The normalized spacial score (nSPS) is 22.3. The summed E-state index contributed by atoms with van der Waals surface area (Å²) in [6.07, 6.45) is 1.70. The van der Waals surface area contributed by atoms with Gasteiger partial charge in [0.25, 0.3) is 0 Å². The molecule has 1 aliphatic heterocycles. The Hall–Kier alpha value is -1.00. The number of halogens is 2. The van der Waals surface area contributed by atoms with Crippen LogP contribution in [0.4, 0.5) is 8.78 Å². The van der Waals surface area contributed by atoms with E-state index >= 15 is 0 Å². The van der Waals surface area contributed by atoms with Gasteiger partial charge < -0.3 is 10.4 Å². The lowest BCUT2D eigenvalue weighted by Crippen LogP contribution is -2.24. The molecular weight excluding hydrogens is 212 g/mol. The van der Waals surface area contributed by atoms with Gasteiger partial charge in [-0.2, -0.15) is 0 Å². The van der Waals surface area contributed by atoms with Crippen molar-refractivity contribution in [3.8, 4) is 0 Å². The summed E-state index contributed by atoms with van der Waals surface area (Å²) >= 11 is 0. The molecule has 1 aromatic carbocycles. The maximum Gasteiger partial charge on any atom is 0.131 e. The van der Waals surface area contributed by atoms with Gasteiger partial charge in [0.2, 0.25) is 0 Å². The number of aliphatic hydroxyl groups excluding tert-OH is 1. The van der Waals surface area contributed by atoms with Gasteiger partial charge >= 0.3 is 0 Å². The first-order chi connectivity index (χ1) is 7.66. The Morgan fingerprint density at radius 2 is 2.25 bits per heavy atom. The highest BCUT2D eigenvalue weighted by atomic mass is 19.1. The fourth-order valence-corrected chi connectivity index (χ4v) is 2.13. The molecule has 0 saturated carbocycles. The number of hydrogen-bond donors (Lipinski definition) is 2. The van der Waals surface area contributed by atoms with E-state index in [1.807, 2.05) is 0 Å². The van der Waals surface area contributed by atoms with Crippen LogP contribution in [0.1, 0.15) is 30.9 Å². The summed E-state index contributed by atoms with van der Waals surface area (Å²) in [6.45, 7) is 0.948. The number of hydrogen-bond acceptors (Lipinski definition) is 2. The quantitative estimate of drug-likeness (QED) is 0.829. The van der Waals surface area contributed by atoms with Crippen LogP contribution >= 0.6 is 0 Å². The molecular formula is C12H15F2NO. The highest BCUT2D eigenvalue weighted by Gasteiger charge is 2.21. The molecule has 16 heavy (non-hydrogen) atoms. The molecule has 4 heteroatoms. The monoisotopic (exact) mass is 227 g/mol. The molecule has 2 unspecified atom stereocenters. The summed E-state index contributed by atoms with van der Waals surface area (Å²) in [5, 5.41) is 13.1. The first kappa shape index (κ1) is 11.5. The van der Waals surface area contributed by atoms with Gasteiger partial charge in [-0.1, -0.05) is 6.07 Å². The Labute approximate surface area is 93.3 Å². The van der Waals surface area contributed by atoms with Crippen LogP contribution in [0.15, 0.2) is 18.2 Å². The third kappa shape index (κ3) is 2.57. The van der Waals surface area contributed by atoms with E-state index in [0.717, 1.165) is 25.5 Å². The molecule has 0 aliphatic carbocycles. The molecule has 1 heterocycles. The average Bonchev–Trinajstić information content (AvgIpc) is 2.70. The molecule has 1 fully saturated rings. The Balaban J connectivity index is 2.04. The lowest BCUT2D eigenvalue weighted by atomic mass is 10.0. The minimum atomic E-state index is -0.865. The van der Waals surface area contributed by atoms with E-state index in [9.17, 15) is 13.9 Å². The van der Waals surface area contributed by atoms with Crippen molar-refractivity contribution >= 4 is 0 Å². The van der Waals surface area contributed by atoms with E-state index in [1.165, 1.54) is 12.1 Å². The van der Waals surface area contributed by atoms with Crippen LogP contribution in [0.25, 0.3) is 0 Å². The van der Waals surface area contributed by atoms with Crippen molar-refractivity contribution in [2.24, 2.45) is 0 Å². The standard InChI is InChI=1S/C12H15F2NO/c13-8-3-4-10(11(14)6-8)12(16)7-9-2-1-5-15-9/h3-4,6,9,12,15-16H,1-2,5,7H2. The Bertz CT molecular complexity index is 364. The molecule has 2 rings (SSSR count). The molecule has 2 nitrogen and oxygen atoms in total. The molecule has 2 atom stereocenters. The fraction of sp³-hybridized carbons (Fsp3) is 0.500. The largest absolute Gasteiger partial charge is 0.388 e. The second-order valence-electron chi connectivity index (χ2n) is 4.21. The van der Waals surface area contributed by atoms with Gasteiger partial charge in [-0.3, -0.25) is 0 Å². The van der Waals surface area contributed by atoms with Gasteiger partial charge in [-0.05, 0) is 31.9 Å². The zero-order valence-corrected chi connectivity index (χ0v) is 8.92. The maximum absolute atomic E-state index is 13.4. The van der Waals surface area contributed by atoms with Gasteiger partial charge in [0, 0.05) is 17.7 Å². The third-order valence-corrected chi connectivity index (χ3v) is 2.99. The van der Waals surface area contributed by atoms with Gasteiger partial charge in [-0.15, -0.1) is 0 Å². The molecule has 0 radical (unpaired) electrons. The van der Waals surface area contributed by atoms with Crippen LogP contribution in [0, 0.1) is 11.6 Å². The molecule has 0 spiro atoms. The summed E-state index contributed by atoms with van der Waals surface area (Å²) in [7, 11) is 0. The van der Waals surface area contributed by atoms with Crippen molar-refractivity contribution in [1.29, 1.82) is 0 Å². The predicted octanol–water partition coefficient (Wildman–Crippen LogP) is 2.14.